The maximum atomic E-state index is 12.0. The average molecular weight is 320 g/mol. The Labute approximate surface area is 137 Å². The van der Waals surface area contributed by atoms with Crippen LogP contribution in [0.5, 0.6) is 0 Å². The Kier molecular flexibility index (Phi) is 5.34. The summed E-state index contributed by atoms with van der Waals surface area (Å²) in [5.41, 5.74) is 1.29. The number of nitrogens with zero attached hydrogens (tertiary/aromatic N) is 3. The molecular formula is C17H28N4O2. The van der Waals surface area contributed by atoms with Crippen LogP contribution >= 0.6 is 0 Å². The molecule has 23 heavy (non-hydrogen) atoms. The van der Waals surface area contributed by atoms with E-state index in [-0.39, 0.29) is 11.2 Å². The number of rotatable bonds is 6. The molecule has 0 aliphatic carbocycles. The topological polar surface area (TPSA) is 61.3 Å². The molecule has 2 heterocycles. The van der Waals surface area contributed by atoms with Gasteiger partial charge in [0.2, 0.25) is 0 Å². The lowest BCUT2D eigenvalue weighted by Gasteiger charge is -2.22. The Balaban J connectivity index is 2.06. The van der Waals surface area contributed by atoms with Crippen LogP contribution in [-0.4, -0.2) is 29.8 Å². The summed E-state index contributed by atoms with van der Waals surface area (Å²) in [7, 11) is 3.60. The normalized spacial score (nSPS) is 14.8. The maximum Gasteiger partial charge on any atom is 0.329 e. The van der Waals surface area contributed by atoms with Crippen molar-refractivity contribution in [3.05, 3.63) is 32.5 Å². The minimum Gasteiger partial charge on any atom is -0.349 e. The van der Waals surface area contributed by atoms with E-state index in [0.717, 1.165) is 31.6 Å². The number of aromatic amines is 1. The lowest BCUT2D eigenvalue weighted by molar-refractivity contribution is 0.492. The molecule has 1 N–H and O–H groups in total. The van der Waals surface area contributed by atoms with Crippen LogP contribution in [0.2, 0.25) is 0 Å². The van der Waals surface area contributed by atoms with Gasteiger partial charge in [-0.05, 0) is 39.0 Å². The molecule has 0 unspecified atom stereocenters. The third-order valence-electron chi connectivity index (χ3n) is 4.44. The van der Waals surface area contributed by atoms with Crippen molar-refractivity contribution in [3.8, 4) is 0 Å². The van der Waals surface area contributed by atoms with Gasteiger partial charge < -0.3 is 9.80 Å². The van der Waals surface area contributed by atoms with Crippen LogP contribution < -0.4 is 21.0 Å². The summed E-state index contributed by atoms with van der Waals surface area (Å²) < 4.78 is 1.54. The summed E-state index contributed by atoms with van der Waals surface area (Å²) in [6.45, 7) is 8.01. The molecule has 128 valence electrons. The van der Waals surface area contributed by atoms with Gasteiger partial charge in [0.05, 0.1) is 6.67 Å². The van der Waals surface area contributed by atoms with E-state index >= 15 is 0 Å². The zero-order chi connectivity index (χ0) is 17.1. The van der Waals surface area contributed by atoms with Crippen LogP contribution in [-0.2, 0) is 7.05 Å². The third kappa shape index (κ3) is 3.86. The maximum absolute atomic E-state index is 12.0. The van der Waals surface area contributed by atoms with Crippen LogP contribution in [0, 0.1) is 5.92 Å². The summed E-state index contributed by atoms with van der Waals surface area (Å²) in [5.74, 6) is 1.34. The summed E-state index contributed by atoms with van der Waals surface area (Å²) >= 11 is 0. The second kappa shape index (κ2) is 7.06. The number of H-pyrrole nitrogens is 1. The lowest BCUT2D eigenvalue weighted by atomic mass is 10.0. The Morgan fingerprint density at radius 1 is 1.26 bits per heavy atom. The van der Waals surface area contributed by atoms with Crippen molar-refractivity contribution in [1.29, 1.82) is 0 Å². The highest BCUT2D eigenvalue weighted by Crippen LogP contribution is 2.30. The van der Waals surface area contributed by atoms with Gasteiger partial charge in [0.15, 0.2) is 0 Å². The molecule has 1 aromatic heterocycles. The highest BCUT2D eigenvalue weighted by atomic mass is 16.2. The van der Waals surface area contributed by atoms with Crippen molar-refractivity contribution < 1.29 is 0 Å². The number of fused-ring (bicyclic) bond motifs is 1. The van der Waals surface area contributed by atoms with Crippen molar-refractivity contribution in [3.63, 3.8) is 0 Å². The van der Waals surface area contributed by atoms with Crippen molar-refractivity contribution in [2.24, 2.45) is 13.0 Å². The molecule has 1 atom stereocenters. The van der Waals surface area contributed by atoms with Crippen molar-refractivity contribution >= 4 is 11.5 Å². The molecule has 0 saturated carbocycles. The van der Waals surface area contributed by atoms with E-state index in [1.165, 1.54) is 10.1 Å². The second-order valence-corrected chi connectivity index (χ2v) is 6.85. The van der Waals surface area contributed by atoms with E-state index < -0.39 is 0 Å². The van der Waals surface area contributed by atoms with Gasteiger partial charge in [0.1, 0.15) is 11.5 Å². The van der Waals surface area contributed by atoms with Gasteiger partial charge in [-0.1, -0.05) is 18.6 Å². The van der Waals surface area contributed by atoms with Crippen molar-refractivity contribution in [1.82, 2.24) is 9.55 Å². The molecule has 0 saturated heterocycles. The molecule has 0 radical (unpaired) electrons. The smallest absolute Gasteiger partial charge is 0.329 e. The van der Waals surface area contributed by atoms with Gasteiger partial charge in [0, 0.05) is 20.6 Å². The van der Waals surface area contributed by atoms with E-state index in [1.54, 1.807) is 7.05 Å². The van der Waals surface area contributed by atoms with Crippen molar-refractivity contribution in [2.75, 3.05) is 30.1 Å². The van der Waals surface area contributed by atoms with E-state index in [2.05, 4.69) is 36.7 Å². The Morgan fingerprint density at radius 3 is 2.61 bits per heavy atom. The number of allylic oxidation sites excluding steroid dienone is 2. The third-order valence-corrected chi connectivity index (χ3v) is 4.44. The highest BCUT2D eigenvalue weighted by molar-refractivity contribution is 5.71. The average Bonchev–Trinajstić information content (AvgIpc) is 2.79. The molecule has 1 aliphatic rings. The first kappa shape index (κ1) is 17.4. The van der Waals surface area contributed by atoms with E-state index in [0.29, 0.717) is 18.3 Å². The standard InChI is InChI=1S/C17H28N4O2/c1-12(2)7-6-8-13(3)9-10-21-11-19(4)14-15(22)18-17(23)20(5)16(14)21/h7,13H,6,8-11H2,1-5H3,(H,18,22,23)/t13-/m1/s1. The van der Waals surface area contributed by atoms with E-state index in [9.17, 15) is 9.59 Å². The molecule has 2 rings (SSSR count). The van der Waals surface area contributed by atoms with Crippen LogP contribution in [0.3, 0.4) is 0 Å². The summed E-state index contributed by atoms with van der Waals surface area (Å²) in [4.78, 5) is 30.3. The first-order chi connectivity index (χ1) is 10.8. The highest BCUT2D eigenvalue weighted by Gasteiger charge is 2.29. The molecule has 0 fully saturated rings. The number of hydrogen-bond donors (Lipinski definition) is 1. The molecule has 6 nitrogen and oxygen atoms in total. The van der Waals surface area contributed by atoms with Crippen molar-refractivity contribution in [2.45, 2.75) is 40.0 Å². The van der Waals surface area contributed by atoms with Crippen LogP contribution in [0.1, 0.15) is 40.0 Å². The van der Waals surface area contributed by atoms with Crippen LogP contribution in [0.25, 0.3) is 0 Å². The largest absolute Gasteiger partial charge is 0.349 e. The predicted octanol–water partition coefficient (Wildman–Crippen LogP) is 2.06. The fourth-order valence-electron chi connectivity index (χ4n) is 3.05. The zero-order valence-electron chi connectivity index (χ0n) is 14.8. The summed E-state index contributed by atoms with van der Waals surface area (Å²) in [6.07, 6.45) is 5.59. The monoisotopic (exact) mass is 320 g/mol. The van der Waals surface area contributed by atoms with Gasteiger partial charge in [-0.15, -0.1) is 0 Å². The van der Waals surface area contributed by atoms with Gasteiger partial charge in [-0.25, -0.2) is 4.79 Å². The molecule has 0 bridgehead atoms. The molecule has 1 aliphatic heterocycles. The van der Waals surface area contributed by atoms with Crippen LogP contribution in [0.15, 0.2) is 21.2 Å². The fraction of sp³-hybridized carbons (Fsp3) is 0.647. The minimum atomic E-state index is -0.356. The molecule has 0 amide bonds. The summed E-state index contributed by atoms with van der Waals surface area (Å²) in [5, 5.41) is 0. The Hall–Kier alpha value is -1.98. The minimum absolute atomic E-state index is 0.301. The number of hydrogen-bond acceptors (Lipinski definition) is 4. The number of aromatic nitrogens is 2. The Bertz CT molecular complexity index is 698. The quantitative estimate of drug-likeness (QED) is 0.815. The molecular weight excluding hydrogens is 292 g/mol. The van der Waals surface area contributed by atoms with Crippen LogP contribution in [0.4, 0.5) is 11.5 Å². The predicted molar refractivity (Wildman–Crippen MR) is 95.4 cm³/mol. The first-order valence-corrected chi connectivity index (χ1v) is 8.24. The van der Waals surface area contributed by atoms with Gasteiger partial charge in [0.25, 0.3) is 5.56 Å². The second-order valence-electron chi connectivity index (χ2n) is 6.85. The molecule has 1 aromatic rings. The fourth-order valence-corrected chi connectivity index (χ4v) is 3.05. The number of anilines is 2. The molecule has 6 heteroatoms. The summed E-state index contributed by atoms with van der Waals surface area (Å²) in [6, 6.07) is 0. The zero-order valence-corrected chi connectivity index (χ0v) is 14.8. The molecule has 0 spiro atoms. The molecule has 0 aromatic carbocycles. The van der Waals surface area contributed by atoms with E-state index in [1.807, 2.05) is 11.9 Å². The van der Waals surface area contributed by atoms with Gasteiger partial charge >= 0.3 is 5.69 Å². The number of nitrogens with one attached hydrogen (secondary N) is 1. The van der Waals surface area contributed by atoms with Gasteiger partial charge in [-0.2, -0.15) is 0 Å². The Morgan fingerprint density at radius 2 is 1.96 bits per heavy atom. The van der Waals surface area contributed by atoms with Gasteiger partial charge in [-0.3, -0.25) is 14.3 Å². The lowest BCUT2D eigenvalue weighted by Crippen LogP contribution is -2.33. The SMILES string of the molecule is CC(C)=CCC[C@@H](C)CCN1CN(C)c2c1n(C)c(=O)[nH]c2=O. The first-order valence-electron chi connectivity index (χ1n) is 8.24. The van der Waals surface area contributed by atoms with E-state index in [4.69, 9.17) is 0 Å².